The summed E-state index contributed by atoms with van der Waals surface area (Å²) in [7, 11) is 0. The molecule has 1 unspecified atom stereocenters. The summed E-state index contributed by atoms with van der Waals surface area (Å²) in [6.45, 7) is 3.39. The lowest BCUT2D eigenvalue weighted by atomic mass is 9.97. The third kappa shape index (κ3) is 3.42. The van der Waals surface area contributed by atoms with Gasteiger partial charge in [-0.1, -0.05) is 6.92 Å². The van der Waals surface area contributed by atoms with Crippen LogP contribution in [0, 0.1) is 0 Å². The van der Waals surface area contributed by atoms with Crippen LogP contribution in [0.3, 0.4) is 0 Å². The van der Waals surface area contributed by atoms with Crippen LogP contribution >= 0.6 is 34.6 Å². The molecular formula is C19H22N4O2S3. The fourth-order valence-corrected chi connectivity index (χ4v) is 6.96. The number of ether oxygens (including phenoxy) is 1. The Morgan fingerprint density at radius 2 is 2.14 bits per heavy atom. The Morgan fingerprint density at radius 1 is 1.25 bits per heavy atom. The van der Waals surface area contributed by atoms with Crippen molar-refractivity contribution in [1.29, 1.82) is 0 Å². The summed E-state index contributed by atoms with van der Waals surface area (Å²) in [6.07, 6.45) is 7.38. The molecule has 3 aromatic rings. The molecule has 6 nitrogen and oxygen atoms in total. The third-order valence-corrected chi connectivity index (χ3v) is 8.36. The maximum Gasteiger partial charge on any atom is 0.263 e. The van der Waals surface area contributed by atoms with E-state index in [-0.39, 0.29) is 11.7 Å². The van der Waals surface area contributed by atoms with E-state index in [4.69, 9.17) is 9.72 Å². The van der Waals surface area contributed by atoms with Crippen LogP contribution in [0.2, 0.25) is 0 Å². The Hall–Kier alpha value is -1.29. The average Bonchev–Trinajstić information content (AvgIpc) is 3.44. The predicted octanol–water partition coefficient (Wildman–Crippen LogP) is 4.08. The first kappa shape index (κ1) is 18.7. The molecule has 1 aliphatic carbocycles. The summed E-state index contributed by atoms with van der Waals surface area (Å²) >= 11 is 4.53. The molecule has 0 aromatic carbocycles. The molecule has 1 fully saturated rings. The standard InChI is InChI=1S/C19H22N4O2S3/c1-2-14-20-19(28-22-14)27-18-21-16-15(12-7-3-4-8-13(12)26-16)17(24)23(18)10-11-6-5-9-25-11/h11H,2-10H2,1H3. The van der Waals surface area contributed by atoms with E-state index in [0.717, 1.165) is 65.5 Å². The second-order valence-corrected chi connectivity index (χ2v) is 10.3. The normalized spacial score (nSPS) is 19.4. The van der Waals surface area contributed by atoms with E-state index >= 15 is 0 Å². The lowest BCUT2D eigenvalue weighted by molar-refractivity contribution is 0.0937. The quantitative estimate of drug-likeness (QED) is 0.564. The molecular weight excluding hydrogens is 412 g/mol. The van der Waals surface area contributed by atoms with Crippen molar-refractivity contribution in [2.75, 3.05) is 6.61 Å². The summed E-state index contributed by atoms with van der Waals surface area (Å²) in [6, 6.07) is 0. The van der Waals surface area contributed by atoms with Crippen molar-refractivity contribution in [1.82, 2.24) is 18.9 Å². The van der Waals surface area contributed by atoms with Gasteiger partial charge in [-0.2, -0.15) is 4.37 Å². The highest BCUT2D eigenvalue weighted by Gasteiger charge is 2.25. The first-order valence-electron chi connectivity index (χ1n) is 9.90. The van der Waals surface area contributed by atoms with Crippen molar-refractivity contribution in [3.05, 3.63) is 26.6 Å². The highest BCUT2D eigenvalue weighted by Crippen LogP contribution is 2.36. The monoisotopic (exact) mass is 434 g/mol. The molecule has 3 aromatic heterocycles. The van der Waals surface area contributed by atoms with Gasteiger partial charge in [0.2, 0.25) is 0 Å². The zero-order valence-electron chi connectivity index (χ0n) is 15.8. The van der Waals surface area contributed by atoms with Crippen LogP contribution in [-0.2, 0) is 30.5 Å². The van der Waals surface area contributed by atoms with Crippen LogP contribution in [0.25, 0.3) is 10.2 Å². The van der Waals surface area contributed by atoms with E-state index in [1.165, 1.54) is 40.2 Å². The van der Waals surface area contributed by atoms with Crippen molar-refractivity contribution >= 4 is 44.8 Å². The second-order valence-electron chi connectivity index (χ2n) is 7.27. The minimum absolute atomic E-state index is 0.0858. The molecule has 5 rings (SSSR count). The number of rotatable bonds is 5. The van der Waals surface area contributed by atoms with E-state index in [2.05, 4.69) is 9.36 Å². The van der Waals surface area contributed by atoms with Crippen LogP contribution in [0.5, 0.6) is 0 Å². The van der Waals surface area contributed by atoms with Gasteiger partial charge in [-0.05, 0) is 67.4 Å². The summed E-state index contributed by atoms with van der Waals surface area (Å²) in [5.74, 6) is 0.841. The lowest BCUT2D eigenvalue weighted by Gasteiger charge is -2.15. The highest BCUT2D eigenvalue weighted by molar-refractivity contribution is 8.00. The Kier molecular flexibility index (Phi) is 5.25. The van der Waals surface area contributed by atoms with Crippen LogP contribution < -0.4 is 5.56 Å². The van der Waals surface area contributed by atoms with Crippen LogP contribution in [-0.4, -0.2) is 31.6 Å². The Morgan fingerprint density at radius 3 is 2.93 bits per heavy atom. The van der Waals surface area contributed by atoms with Crippen LogP contribution in [0.15, 0.2) is 14.3 Å². The van der Waals surface area contributed by atoms with Crippen LogP contribution in [0.1, 0.15) is 48.9 Å². The number of aryl methyl sites for hydroxylation is 3. The van der Waals surface area contributed by atoms with Crippen molar-refractivity contribution < 1.29 is 4.74 Å². The molecule has 0 saturated carbocycles. The zero-order chi connectivity index (χ0) is 19.1. The molecule has 4 heterocycles. The Labute approximate surface area is 175 Å². The SMILES string of the molecule is CCc1nsc(Sc2nc3sc4c(c3c(=O)n2CC2CCCO2)CCCC4)n1. The topological polar surface area (TPSA) is 69.9 Å². The van der Waals surface area contributed by atoms with Gasteiger partial charge in [0.1, 0.15) is 10.7 Å². The van der Waals surface area contributed by atoms with Gasteiger partial charge in [0.15, 0.2) is 9.50 Å². The minimum Gasteiger partial charge on any atom is -0.376 e. The van der Waals surface area contributed by atoms with Gasteiger partial charge >= 0.3 is 0 Å². The summed E-state index contributed by atoms with van der Waals surface area (Å²) in [5.41, 5.74) is 1.33. The molecule has 9 heteroatoms. The molecule has 0 bridgehead atoms. The van der Waals surface area contributed by atoms with Gasteiger partial charge < -0.3 is 4.74 Å². The number of fused-ring (bicyclic) bond motifs is 3. The second kappa shape index (κ2) is 7.85. The van der Waals surface area contributed by atoms with Gasteiger partial charge in [-0.15, -0.1) is 11.3 Å². The molecule has 148 valence electrons. The third-order valence-electron chi connectivity index (χ3n) is 5.39. The number of thiophene rings is 1. The van der Waals surface area contributed by atoms with Crippen molar-refractivity contribution in [3.63, 3.8) is 0 Å². The van der Waals surface area contributed by atoms with Gasteiger partial charge in [-0.3, -0.25) is 9.36 Å². The van der Waals surface area contributed by atoms with Crippen molar-refractivity contribution in [2.24, 2.45) is 0 Å². The molecule has 0 spiro atoms. The zero-order valence-corrected chi connectivity index (χ0v) is 18.2. The maximum atomic E-state index is 13.5. The number of hydrogen-bond donors (Lipinski definition) is 0. The predicted molar refractivity (Wildman–Crippen MR) is 113 cm³/mol. The molecule has 1 atom stereocenters. The van der Waals surface area contributed by atoms with Crippen molar-refractivity contribution in [2.45, 2.75) is 74.0 Å². The summed E-state index contributed by atoms with van der Waals surface area (Å²) in [5, 5.41) is 1.55. The lowest BCUT2D eigenvalue weighted by Crippen LogP contribution is -2.29. The summed E-state index contributed by atoms with van der Waals surface area (Å²) in [4.78, 5) is 25.3. The number of nitrogens with zero attached hydrogens (tertiary/aromatic N) is 4. The number of hydrogen-bond acceptors (Lipinski definition) is 8. The Balaban J connectivity index is 1.62. The molecule has 0 amide bonds. The van der Waals surface area contributed by atoms with Gasteiger partial charge in [0.25, 0.3) is 5.56 Å². The molecule has 0 N–H and O–H groups in total. The highest BCUT2D eigenvalue weighted by atomic mass is 32.2. The molecule has 2 aliphatic rings. The Bertz CT molecular complexity index is 1070. The summed E-state index contributed by atoms with van der Waals surface area (Å²) < 4.78 is 12.9. The first-order chi connectivity index (χ1) is 13.7. The van der Waals surface area contributed by atoms with Crippen LogP contribution in [0.4, 0.5) is 0 Å². The smallest absolute Gasteiger partial charge is 0.263 e. The fraction of sp³-hybridized carbons (Fsp3) is 0.579. The van der Waals surface area contributed by atoms with Gasteiger partial charge in [0, 0.05) is 17.9 Å². The van der Waals surface area contributed by atoms with E-state index < -0.39 is 0 Å². The van der Waals surface area contributed by atoms with E-state index in [9.17, 15) is 4.79 Å². The molecule has 1 aliphatic heterocycles. The van der Waals surface area contributed by atoms with Gasteiger partial charge in [0.05, 0.1) is 18.0 Å². The molecule has 28 heavy (non-hydrogen) atoms. The van der Waals surface area contributed by atoms with E-state index in [1.54, 1.807) is 11.3 Å². The minimum atomic E-state index is 0.0858. The molecule has 0 radical (unpaired) electrons. The average molecular weight is 435 g/mol. The number of aromatic nitrogens is 4. The van der Waals surface area contributed by atoms with E-state index in [0.29, 0.717) is 11.7 Å². The largest absolute Gasteiger partial charge is 0.376 e. The fourth-order valence-electron chi connectivity index (χ4n) is 3.95. The molecule has 1 saturated heterocycles. The first-order valence-corrected chi connectivity index (χ1v) is 12.3. The van der Waals surface area contributed by atoms with E-state index in [1.807, 2.05) is 11.5 Å². The maximum absolute atomic E-state index is 13.5. The van der Waals surface area contributed by atoms with Gasteiger partial charge in [-0.25, -0.2) is 9.97 Å². The van der Waals surface area contributed by atoms with Crippen molar-refractivity contribution in [3.8, 4) is 0 Å².